The van der Waals surface area contributed by atoms with E-state index in [1.807, 2.05) is 0 Å². The number of carbonyl (C=O) groups is 1. The fraction of sp³-hybridized carbons (Fsp3) is 0.471. The molecule has 1 aromatic heterocycles. The number of benzene rings is 1. The molecule has 0 saturated heterocycles. The van der Waals surface area contributed by atoms with Gasteiger partial charge in [-0.25, -0.2) is 4.39 Å². The topological polar surface area (TPSA) is 59.8 Å². The smallest absolute Gasteiger partial charge is 0.254 e. The summed E-state index contributed by atoms with van der Waals surface area (Å²) >= 11 is 0. The summed E-state index contributed by atoms with van der Waals surface area (Å²) in [5.74, 6) is 1.45. The normalized spacial score (nSPS) is 17.3. The van der Waals surface area contributed by atoms with Crippen LogP contribution in [-0.2, 0) is 6.54 Å². The van der Waals surface area contributed by atoms with Gasteiger partial charge < -0.3 is 9.88 Å². The summed E-state index contributed by atoms with van der Waals surface area (Å²) in [6.45, 7) is 2.07. The lowest BCUT2D eigenvalue weighted by molar-refractivity contribution is 0.0945. The van der Waals surface area contributed by atoms with Crippen LogP contribution in [0.4, 0.5) is 4.39 Å². The van der Waals surface area contributed by atoms with Crippen molar-refractivity contribution in [3.8, 4) is 0 Å². The second-order valence-electron chi connectivity index (χ2n) is 6.52. The van der Waals surface area contributed by atoms with Gasteiger partial charge in [-0.15, -0.1) is 10.2 Å². The van der Waals surface area contributed by atoms with Gasteiger partial charge in [0, 0.05) is 12.0 Å². The molecule has 0 radical (unpaired) electrons. The molecule has 6 heteroatoms. The van der Waals surface area contributed by atoms with Gasteiger partial charge in [0.15, 0.2) is 5.82 Å². The van der Waals surface area contributed by atoms with Crippen LogP contribution in [-0.4, -0.2) is 20.7 Å². The number of hydrogen-bond acceptors (Lipinski definition) is 3. The minimum atomic E-state index is -0.496. The van der Waals surface area contributed by atoms with Crippen molar-refractivity contribution >= 4 is 5.91 Å². The van der Waals surface area contributed by atoms with Crippen molar-refractivity contribution in [1.29, 1.82) is 0 Å². The number of hydrogen-bond donors (Lipinski definition) is 1. The first kappa shape index (κ1) is 14.4. The molecule has 120 valence electrons. The van der Waals surface area contributed by atoms with E-state index in [1.165, 1.54) is 25.0 Å². The van der Waals surface area contributed by atoms with Crippen LogP contribution in [0.15, 0.2) is 18.2 Å². The van der Waals surface area contributed by atoms with Crippen LogP contribution >= 0.6 is 0 Å². The zero-order valence-corrected chi connectivity index (χ0v) is 13.1. The monoisotopic (exact) mass is 314 g/mol. The van der Waals surface area contributed by atoms with Gasteiger partial charge in [0.25, 0.3) is 5.91 Å². The maximum Gasteiger partial charge on any atom is 0.254 e. The number of carbonyl (C=O) groups excluding carboxylic acids is 1. The molecule has 2 aromatic rings. The van der Waals surface area contributed by atoms with E-state index in [1.54, 1.807) is 13.0 Å². The maximum absolute atomic E-state index is 13.9. The van der Waals surface area contributed by atoms with E-state index in [2.05, 4.69) is 20.1 Å². The van der Waals surface area contributed by atoms with Gasteiger partial charge in [0.2, 0.25) is 0 Å². The lowest BCUT2D eigenvalue weighted by Gasteiger charge is -2.10. The molecule has 2 aliphatic carbocycles. The maximum atomic E-state index is 13.9. The average molecular weight is 314 g/mol. The fourth-order valence-corrected chi connectivity index (χ4v) is 2.87. The van der Waals surface area contributed by atoms with E-state index in [9.17, 15) is 9.18 Å². The number of halogens is 1. The van der Waals surface area contributed by atoms with Crippen LogP contribution < -0.4 is 5.32 Å². The first-order valence-electron chi connectivity index (χ1n) is 8.11. The number of amides is 1. The summed E-state index contributed by atoms with van der Waals surface area (Å²) in [5.41, 5.74) is 0.858. The van der Waals surface area contributed by atoms with E-state index >= 15 is 0 Å². The van der Waals surface area contributed by atoms with Crippen molar-refractivity contribution in [3.05, 3.63) is 46.8 Å². The second-order valence-corrected chi connectivity index (χ2v) is 6.52. The third kappa shape index (κ3) is 2.85. The Kier molecular flexibility index (Phi) is 3.39. The first-order valence-corrected chi connectivity index (χ1v) is 8.11. The minimum Gasteiger partial charge on any atom is -0.345 e. The largest absolute Gasteiger partial charge is 0.345 e. The fourth-order valence-electron chi connectivity index (χ4n) is 2.87. The third-order valence-corrected chi connectivity index (χ3v) is 4.42. The molecule has 1 N–H and O–H groups in total. The van der Waals surface area contributed by atoms with Crippen LogP contribution in [0.5, 0.6) is 0 Å². The van der Waals surface area contributed by atoms with Crippen LogP contribution in [0, 0.1) is 12.7 Å². The van der Waals surface area contributed by atoms with Gasteiger partial charge in [0.1, 0.15) is 11.6 Å². The minimum absolute atomic E-state index is 0.0653. The van der Waals surface area contributed by atoms with E-state index in [0.29, 0.717) is 12.0 Å². The van der Waals surface area contributed by atoms with E-state index in [4.69, 9.17) is 0 Å². The Bertz CT molecular complexity index is 762. The molecule has 4 rings (SSSR count). The second kappa shape index (κ2) is 5.44. The van der Waals surface area contributed by atoms with E-state index < -0.39 is 11.7 Å². The average Bonchev–Trinajstić information content (AvgIpc) is 3.43. The number of aromatic nitrogens is 3. The molecule has 0 atom stereocenters. The van der Waals surface area contributed by atoms with Crippen LogP contribution in [0.3, 0.4) is 0 Å². The zero-order valence-electron chi connectivity index (χ0n) is 13.1. The Hall–Kier alpha value is -2.24. The Morgan fingerprint density at radius 1 is 1.30 bits per heavy atom. The molecule has 0 unspecified atom stereocenters. The zero-order chi connectivity index (χ0) is 16.0. The predicted octanol–water partition coefficient (Wildman–Crippen LogP) is 2.87. The molecular weight excluding hydrogens is 295 g/mol. The van der Waals surface area contributed by atoms with Crippen LogP contribution in [0.2, 0.25) is 0 Å². The molecule has 0 aliphatic heterocycles. The van der Waals surface area contributed by atoms with Crippen molar-refractivity contribution in [2.75, 3.05) is 0 Å². The van der Waals surface area contributed by atoms with Gasteiger partial charge >= 0.3 is 0 Å². The standard InChI is InChI=1S/C17H19FN4O/c1-10-2-7-13(14(18)8-10)17(23)19-9-15-20-21-16(11-3-4-11)22(15)12-5-6-12/h2,7-8,11-12H,3-6,9H2,1H3,(H,19,23). The first-order chi connectivity index (χ1) is 11.1. The summed E-state index contributed by atoms with van der Waals surface area (Å²) in [6, 6.07) is 5.09. The van der Waals surface area contributed by atoms with Crippen molar-refractivity contribution in [1.82, 2.24) is 20.1 Å². The van der Waals surface area contributed by atoms with Crippen molar-refractivity contribution in [2.45, 2.75) is 51.1 Å². The van der Waals surface area contributed by atoms with Gasteiger partial charge in [-0.05, 0) is 50.3 Å². The highest BCUT2D eigenvalue weighted by atomic mass is 19.1. The van der Waals surface area contributed by atoms with Crippen molar-refractivity contribution in [2.24, 2.45) is 0 Å². The molecule has 5 nitrogen and oxygen atoms in total. The van der Waals surface area contributed by atoms with Crippen LogP contribution in [0.1, 0.15) is 65.2 Å². The number of nitrogens with one attached hydrogen (secondary N) is 1. The molecule has 0 bridgehead atoms. The predicted molar refractivity (Wildman–Crippen MR) is 82.6 cm³/mol. The van der Waals surface area contributed by atoms with Crippen LogP contribution in [0.25, 0.3) is 0 Å². The number of rotatable bonds is 5. The summed E-state index contributed by atoms with van der Waals surface area (Å²) in [6.07, 6.45) is 4.63. The Morgan fingerprint density at radius 3 is 2.74 bits per heavy atom. The molecule has 0 spiro atoms. The SMILES string of the molecule is Cc1ccc(C(=O)NCc2nnc(C3CC3)n2C2CC2)c(F)c1. The van der Waals surface area contributed by atoms with E-state index in [0.717, 1.165) is 30.1 Å². The summed E-state index contributed by atoms with van der Waals surface area (Å²) < 4.78 is 16.1. The molecule has 1 aromatic carbocycles. The highest BCUT2D eigenvalue weighted by Crippen LogP contribution is 2.44. The molecular formula is C17H19FN4O. The molecule has 2 fully saturated rings. The van der Waals surface area contributed by atoms with Gasteiger partial charge in [0.05, 0.1) is 12.1 Å². The Balaban J connectivity index is 1.49. The van der Waals surface area contributed by atoms with Gasteiger partial charge in [-0.2, -0.15) is 0 Å². The summed E-state index contributed by atoms with van der Waals surface area (Å²) in [4.78, 5) is 12.2. The molecule has 2 aliphatic rings. The number of nitrogens with zero attached hydrogens (tertiary/aromatic N) is 3. The van der Waals surface area contributed by atoms with Crippen molar-refractivity contribution in [3.63, 3.8) is 0 Å². The third-order valence-electron chi connectivity index (χ3n) is 4.42. The quantitative estimate of drug-likeness (QED) is 0.923. The van der Waals surface area contributed by atoms with E-state index in [-0.39, 0.29) is 12.1 Å². The lowest BCUT2D eigenvalue weighted by atomic mass is 10.1. The highest BCUT2D eigenvalue weighted by molar-refractivity contribution is 5.94. The lowest BCUT2D eigenvalue weighted by Crippen LogP contribution is -2.25. The van der Waals surface area contributed by atoms with Gasteiger partial charge in [-0.3, -0.25) is 4.79 Å². The highest BCUT2D eigenvalue weighted by Gasteiger charge is 2.36. The summed E-state index contributed by atoms with van der Waals surface area (Å²) in [5, 5.41) is 11.3. The Labute approximate surface area is 133 Å². The molecule has 1 heterocycles. The molecule has 2 saturated carbocycles. The number of aryl methyl sites for hydroxylation is 1. The van der Waals surface area contributed by atoms with Gasteiger partial charge in [-0.1, -0.05) is 6.07 Å². The Morgan fingerprint density at radius 2 is 2.09 bits per heavy atom. The summed E-state index contributed by atoms with van der Waals surface area (Å²) in [7, 11) is 0. The molecule has 23 heavy (non-hydrogen) atoms. The molecule has 1 amide bonds. The van der Waals surface area contributed by atoms with Crippen molar-refractivity contribution < 1.29 is 9.18 Å².